The predicted octanol–water partition coefficient (Wildman–Crippen LogP) is 4.12. The summed E-state index contributed by atoms with van der Waals surface area (Å²) >= 11 is 5.68. The number of rotatable bonds is 5. The molecule has 0 aliphatic rings. The van der Waals surface area contributed by atoms with Gasteiger partial charge in [-0.15, -0.1) is 0 Å². The van der Waals surface area contributed by atoms with Crippen LogP contribution in [-0.2, 0) is 6.42 Å². The molecule has 1 aromatic heterocycles. The van der Waals surface area contributed by atoms with Crippen LogP contribution in [0.5, 0.6) is 0 Å². The predicted molar refractivity (Wildman–Crippen MR) is 66.9 cm³/mol. The first kappa shape index (κ1) is 12.0. The molecule has 0 spiro atoms. The molecule has 0 atom stereocenters. The minimum atomic E-state index is -0.396. The maximum atomic E-state index is 12.9. The van der Waals surface area contributed by atoms with Gasteiger partial charge in [-0.2, -0.15) is 0 Å². The van der Waals surface area contributed by atoms with Gasteiger partial charge in [0.2, 0.25) is 0 Å². The van der Waals surface area contributed by atoms with Crippen molar-refractivity contribution in [3.05, 3.63) is 53.2 Å². The van der Waals surface area contributed by atoms with Crippen LogP contribution in [0.3, 0.4) is 0 Å². The fourth-order valence-corrected chi connectivity index (χ4v) is 1.74. The quantitative estimate of drug-likeness (QED) is 0.811. The highest BCUT2D eigenvalue weighted by atomic mass is 35.5. The van der Waals surface area contributed by atoms with Crippen molar-refractivity contribution in [3.8, 4) is 0 Å². The summed E-state index contributed by atoms with van der Waals surface area (Å²) in [5.74, 6) is 0.580. The van der Waals surface area contributed by atoms with Crippen LogP contribution >= 0.6 is 11.6 Å². The molecule has 0 aliphatic heterocycles. The molecule has 2 aromatic rings. The Hall–Kier alpha value is -1.48. The number of aryl methyl sites for hydroxylation is 1. The van der Waals surface area contributed by atoms with Crippen LogP contribution < -0.4 is 5.32 Å². The van der Waals surface area contributed by atoms with Crippen LogP contribution in [0, 0.1) is 5.82 Å². The Morgan fingerprint density at radius 3 is 2.88 bits per heavy atom. The van der Waals surface area contributed by atoms with Gasteiger partial charge in [-0.05, 0) is 36.8 Å². The van der Waals surface area contributed by atoms with Gasteiger partial charge in [-0.1, -0.05) is 11.6 Å². The van der Waals surface area contributed by atoms with E-state index in [0.29, 0.717) is 0 Å². The van der Waals surface area contributed by atoms with Gasteiger partial charge >= 0.3 is 0 Å². The molecule has 0 radical (unpaired) electrons. The Kier molecular flexibility index (Phi) is 4.04. The summed E-state index contributed by atoms with van der Waals surface area (Å²) in [5, 5.41) is 3.32. The third kappa shape index (κ3) is 3.49. The Morgan fingerprint density at radius 2 is 2.18 bits per heavy atom. The first-order valence-corrected chi connectivity index (χ1v) is 5.85. The SMILES string of the molecule is Fc1ccc(NCCCc2ccco2)cc1Cl. The van der Waals surface area contributed by atoms with Gasteiger partial charge in [0.25, 0.3) is 0 Å². The second kappa shape index (κ2) is 5.73. The molecule has 0 saturated heterocycles. The van der Waals surface area contributed by atoms with E-state index in [1.807, 2.05) is 12.1 Å². The normalized spacial score (nSPS) is 10.5. The lowest BCUT2D eigenvalue weighted by Crippen LogP contribution is -2.02. The van der Waals surface area contributed by atoms with Gasteiger partial charge < -0.3 is 9.73 Å². The Morgan fingerprint density at radius 1 is 1.29 bits per heavy atom. The van der Waals surface area contributed by atoms with E-state index in [-0.39, 0.29) is 5.02 Å². The summed E-state index contributed by atoms with van der Waals surface area (Å²) in [4.78, 5) is 0. The molecule has 0 aliphatic carbocycles. The van der Waals surface area contributed by atoms with Crippen molar-refractivity contribution in [1.82, 2.24) is 0 Å². The molecule has 0 bridgehead atoms. The van der Waals surface area contributed by atoms with E-state index in [0.717, 1.165) is 30.8 Å². The minimum absolute atomic E-state index is 0.140. The Bertz CT molecular complexity index is 470. The molecule has 1 N–H and O–H groups in total. The number of halogens is 2. The van der Waals surface area contributed by atoms with Gasteiger partial charge in [-0.25, -0.2) is 4.39 Å². The molecule has 2 nitrogen and oxygen atoms in total. The van der Waals surface area contributed by atoms with Crippen LogP contribution in [0.25, 0.3) is 0 Å². The molecular formula is C13H13ClFNO. The number of furan rings is 1. The number of nitrogens with one attached hydrogen (secondary N) is 1. The first-order valence-electron chi connectivity index (χ1n) is 5.47. The summed E-state index contributed by atoms with van der Waals surface area (Å²) in [5.41, 5.74) is 0.829. The molecule has 1 aromatic carbocycles. The van der Waals surface area contributed by atoms with Crippen molar-refractivity contribution in [3.63, 3.8) is 0 Å². The lowest BCUT2D eigenvalue weighted by atomic mass is 10.2. The van der Waals surface area contributed by atoms with E-state index in [4.69, 9.17) is 16.0 Å². The van der Waals surface area contributed by atoms with Gasteiger partial charge in [0.05, 0.1) is 11.3 Å². The lowest BCUT2D eigenvalue weighted by molar-refractivity contribution is 0.504. The molecular weight excluding hydrogens is 241 g/mol. The van der Waals surface area contributed by atoms with E-state index < -0.39 is 5.82 Å². The van der Waals surface area contributed by atoms with Crippen LogP contribution in [0.15, 0.2) is 41.0 Å². The number of hydrogen-bond donors (Lipinski definition) is 1. The second-order valence-electron chi connectivity index (χ2n) is 3.74. The summed E-state index contributed by atoms with van der Waals surface area (Å²) in [6, 6.07) is 8.45. The fraction of sp³-hybridized carbons (Fsp3) is 0.231. The van der Waals surface area contributed by atoms with Crippen molar-refractivity contribution in [1.29, 1.82) is 0 Å². The molecule has 0 amide bonds. The third-order valence-corrected chi connectivity index (χ3v) is 2.72. The van der Waals surface area contributed by atoms with Crippen LogP contribution in [-0.4, -0.2) is 6.54 Å². The zero-order chi connectivity index (χ0) is 12.1. The van der Waals surface area contributed by atoms with Gasteiger partial charge in [0.15, 0.2) is 0 Å². The number of anilines is 1. The average Bonchev–Trinajstić information content (AvgIpc) is 2.82. The Balaban J connectivity index is 1.76. The van der Waals surface area contributed by atoms with Crippen molar-refractivity contribution >= 4 is 17.3 Å². The monoisotopic (exact) mass is 253 g/mol. The van der Waals surface area contributed by atoms with Gasteiger partial charge in [-0.3, -0.25) is 0 Å². The first-order chi connectivity index (χ1) is 8.25. The van der Waals surface area contributed by atoms with Crippen molar-refractivity contribution in [2.75, 3.05) is 11.9 Å². The molecule has 4 heteroatoms. The standard InChI is InChI=1S/C13H13ClFNO/c14-12-9-10(5-6-13(12)15)16-7-1-3-11-4-2-8-17-11/h2,4-6,8-9,16H,1,3,7H2. The maximum Gasteiger partial charge on any atom is 0.141 e. The summed E-state index contributed by atoms with van der Waals surface area (Å²) in [6.07, 6.45) is 3.50. The van der Waals surface area contributed by atoms with Crippen LogP contribution in [0.1, 0.15) is 12.2 Å². The van der Waals surface area contributed by atoms with Crippen LogP contribution in [0.4, 0.5) is 10.1 Å². The molecule has 2 rings (SSSR count). The minimum Gasteiger partial charge on any atom is -0.469 e. The molecule has 0 saturated carbocycles. The van der Waals surface area contributed by atoms with E-state index in [9.17, 15) is 4.39 Å². The van der Waals surface area contributed by atoms with Crippen LogP contribution in [0.2, 0.25) is 5.02 Å². The van der Waals surface area contributed by atoms with Gasteiger partial charge in [0.1, 0.15) is 11.6 Å². The summed E-state index contributed by atoms with van der Waals surface area (Å²) < 4.78 is 18.1. The summed E-state index contributed by atoms with van der Waals surface area (Å²) in [7, 11) is 0. The van der Waals surface area contributed by atoms with Crippen molar-refractivity contribution in [2.45, 2.75) is 12.8 Å². The molecule has 1 heterocycles. The lowest BCUT2D eigenvalue weighted by Gasteiger charge is -2.06. The largest absolute Gasteiger partial charge is 0.469 e. The zero-order valence-electron chi connectivity index (χ0n) is 9.25. The highest BCUT2D eigenvalue weighted by Gasteiger charge is 2.00. The molecule has 0 unspecified atom stereocenters. The highest BCUT2D eigenvalue weighted by Crippen LogP contribution is 2.19. The molecule has 17 heavy (non-hydrogen) atoms. The number of hydrogen-bond acceptors (Lipinski definition) is 2. The van der Waals surface area contributed by atoms with E-state index in [1.54, 1.807) is 18.4 Å². The van der Waals surface area contributed by atoms with Crippen molar-refractivity contribution in [2.24, 2.45) is 0 Å². The van der Waals surface area contributed by atoms with E-state index in [2.05, 4.69) is 5.32 Å². The topological polar surface area (TPSA) is 25.2 Å². The maximum absolute atomic E-state index is 12.9. The van der Waals surface area contributed by atoms with Gasteiger partial charge in [0, 0.05) is 18.7 Å². The second-order valence-corrected chi connectivity index (χ2v) is 4.15. The number of benzene rings is 1. The average molecular weight is 254 g/mol. The van der Waals surface area contributed by atoms with E-state index >= 15 is 0 Å². The smallest absolute Gasteiger partial charge is 0.141 e. The highest BCUT2D eigenvalue weighted by molar-refractivity contribution is 6.31. The van der Waals surface area contributed by atoms with E-state index in [1.165, 1.54) is 6.07 Å². The zero-order valence-corrected chi connectivity index (χ0v) is 10.0. The molecule has 90 valence electrons. The summed E-state index contributed by atoms with van der Waals surface area (Å²) in [6.45, 7) is 0.794. The Labute approximate surface area is 104 Å². The molecule has 0 fully saturated rings. The fourth-order valence-electron chi connectivity index (χ4n) is 1.56. The van der Waals surface area contributed by atoms with Crippen molar-refractivity contribution < 1.29 is 8.81 Å². The third-order valence-electron chi connectivity index (χ3n) is 2.43.